The largest absolute Gasteiger partial charge is 0.310 e. The number of benzene rings is 6. The van der Waals surface area contributed by atoms with Crippen LogP contribution in [0.2, 0.25) is 0 Å². The van der Waals surface area contributed by atoms with Gasteiger partial charge in [-0.1, -0.05) is 157 Å². The number of fused-ring (bicyclic) bond motifs is 4. The Morgan fingerprint density at radius 3 is 1.44 bits per heavy atom. The predicted octanol–water partition coefficient (Wildman–Crippen LogP) is 12.6. The summed E-state index contributed by atoms with van der Waals surface area (Å²) in [6.45, 7) is 14.2. The molecular formula is C49H43N3. The lowest BCUT2D eigenvalue weighted by Gasteiger charge is -2.46. The van der Waals surface area contributed by atoms with Gasteiger partial charge in [0.05, 0.1) is 22.8 Å². The molecule has 9 rings (SSSR count). The number of rotatable bonds is 4. The molecule has 0 bridgehead atoms. The molecule has 254 valence electrons. The summed E-state index contributed by atoms with van der Waals surface area (Å²) in [7, 11) is 0. The zero-order valence-electron chi connectivity index (χ0n) is 30.8. The number of hydrogen-bond donors (Lipinski definition) is 0. The van der Waals surface area contributed by atoms with Crippen molar-refractivity contribution in [1.29, 1.82) is 0 Å². The van der Waals surface area contributed by atoms with Gasteiger partial charge in [-0.25, -0.2) is 9.97 Å². The van der Waals surface area contributed by atoms with Crippen molar-refractivity contribution < 1.29 is 0 Å². The Morgan fingerprint density at radius 1 is 0.365 bits per heavy atom. The van der Waals surface area contributed by atoms with Gasteiger partial charge in [-0.2, -0.15) is 0 Å². The molecule has 0 radical (unpaired) electrons. The first-order valence-electron chi connectivity index (χ1n) is 18.3. The van der Waals surface area contributed by atoms with Gasteiger partial charge in [0, 0.05) is 38.6 Å². The second kappa shape index (κ2) is 11.6. The molecule has 1 aromatic heterocycles. The topological polar surface area (TPSA) is 29.0 Å². The Balaban J connectivity index is 1.20. The maximum Gasteiger partial charge on any atom is 0.160 e. The Bertz CT molecular complexity index is 2380. The molecule has 0 spiro atoms. The highest BCUT2D eigenvalue weighted by Crippen LogP contribution is 2.55. The highest BCUT2D eigenvalue weighted by molar-refractivity contribution is 5.86. The van der Waals surface area contributed by atoms with Gasteiger partial charge in [-0.05, 0) is 69.8 Å². The minimum absolute atomic E-state index is 0.101. The van der Waals surface area contributed by atoms with Crippen molar-refractivity contribution in [3.8, 4) is 33.9 Å². The quantitative estimate of drug-likeness (QED) is 0.186. The zero-order valence-corrected chi connectivity index (χ0v) is 30.8. The summed E-state index contributed by atoms with van der Waals surface area (Å²) in [6.07, 6.45) is 0. The fourth-order valence-electron chi connectivity index (χ4n) is 8.80. The first-order valence-corrected chi connectivity index (χ1v) is 18.3. The van der Waals surface area contributed by atoms with Crippen LogP contribution >= 0.6 is 0 Å². The van der Waals surface area contributed by atoms with Crippen molar-refractivity contribution in [3.05, 3.63) is 185 Å². The van der Waals surface area contributed by atoms with Crippen molar-refractivity contribution in [2.24, 2.45) is 0 Å². The molecule has 0 fully saturated rings. The lowest BCUT2D eigenvalue weighted by atomic mass is 9.59. The maximum atomic E-state index is 5.19. The fraction of sp³-hybridized carbons (Fsp3) is 0.184. The Labute approximate surface area is 307 Å². The van der Waals surface area contributed by atoms with Crippen molar-refractivity contribution in [2.75, 3.05) is 4.90 Å². The van der Waals surface area contributed by atoms with Crippen LogP contribution in [0.4, 0.5) is 17.1 Å². The molecule has 3 nitrogen and oxygen atoms in total. The number of aromatic nitrogens is 2. The van der Waals surface area contributed by atoms with E-state index in [1.807, 2.05) is 24.3 Å². The minimum Gasteiger partial charge on any atom is -0.310 e. The number of anilines is 3. The van der Waals surface area contributed by atoms with Gasteiger partial charge in [-0.3, -0.25) is 0 Å². The van der Waals surface area contributed by atoms with Crippen molar-refractivity contribution >= 4 is 17.1 Å². The number of hydrogen-bond acceptors (Lipinski definition) is 3. The summed E-state index contributed by atoms with van der Waals surface area (Å²) in [5, 5.41) is 0. The molecule has 1 aliphatic carbocycles. The molecule has 7 aromatic rings. The maximum absolute atomic E-state index is 5.19. The predicted molar refractivity (Wildman–Crippen MR) is 216 cm³/mol. The summed E-state index contributed by atoms with van der Waals surface area (Å²) in [5.74, 6) is 0.731. The van der Waals surface area contributed by atoms with Crippen LogP contribution in [0.3, 0.4) is 0 Å². The van der Waals surface area contributed by atoms with E-state index < -0.39 is 0 Å². The second-order valence-corrected chi connectivity index (χ2v) is 15.9. The molecule has 0 amide bonds. The highest BCUT2D eigenvalue weighted by Gasteiger charge is 2.43. The monoisotopic (exact) mass is 673 g/mol. The second-order valence-electron chi connectivity index (χ2n) is 15.9. The lowest BCUT2D eigenvalue weighted by Crippen LogP contribution is -2.37. The average Bonchev–Trinajstić information content (AvgIpc) is 3.18. The fourth-order valence-corrected chi connectivity index (χ4v) is 8.80. The van der Waals surface area contributed by atoms with E-state index in [9.17, 15) is 0 Å². The number of para-hydroxylation sites is 2. The van der Waals surface area contributed by atoms with Gasteiger partial charge < -0.3 is 4.90 Å². The van der Waals surface area contributed by atoms with Crippen molar-refractivity contribution in [3.63, 3.8) is 0 Å². The van der Waals surface area contributed by atoms with E-state index in [0.717, 1.165) is 33.9 Å². The van der Waals surface area contributed by atoms with Crippen LogP contribution in [0, 0.1) is 0 Å². The molecule has 0 atom stereocenters. The Hall–Kier alpha value is -5.80. The van der Waals surface area contributed by atoms with E-state index in [1.165, 1.54) is 50.4 Å². The summed E-state index contributed by atoms with van der Waals surface area (Å²) in [4.78, 5) is 12.7. The lowest BCUT2D eigenvalue weighted by molar-refractivity contribution is 0.521. The number of nitrogens with zero attached hydrogens (tertiary/aromatic N) is 3. The molecule has 0 unspecified atom stereocenters. The molecule has 0 N–H and O–H groups in total. The van der Waals surface area contributed by atoms with Crippen molar-refractivity contribution in [2.45, 2.75) is 57.8 Å². The van der Waals surface area contributed by atoms with Gasteiger partial charge in [0.1, 0.15) is 0 Å². The van der Waals surface area contributed by atoms with Gasteiger partial charge in [0.15, 0.2) is 5.82 Å². The van der Waals surface area contributed by atoms with Crippen LogP contribution in [-0.2, 0) is 16.2 Å². The van der Waals surface area contributed by atoms with Crippen LogP contribution in [0.1, 0.15) is 74.9 Å². The third-order valence-electron chi connectivity index (χ3n) is 11.7. The van der Waals surface area contributed by atoms with Crippen LogP contribution in [0.5, 0.6) is 0 Å². The molecule has 2 heterocycles. The molecule has 3 heteroatoms. The van der Waals surface area contributed by atoms with Gasteiger partial charge >= 0.3 is 0 Å². The molecule has 0 saturated carbocycles. The van der Waals surface area contributed by atoms with E-state index in [4.69, 9.17) is 9.97 Å². The van der Waals surface area contributed by atoms with E-state index in [0.29, 0.717) is 0 Å². The summed E-state index contributed by atoms with van der Waals surface area (Å²) in [6, 6.07) is 54.8. The normalized spacial score (nSPS) is 15.9. The Morgan fingerprint density at radius 2 is 0.827 bits per heavy atom. The first-order chi connectivity index (χ1) is 25.0. The third-order valence-corrected chi connectivity index (χ3v) is 11.7. The Kier molecular flexibility index (Phi) is 7.18. The van der Waals surface area contributed by atoms with Crippen molar-refractivity contribution in [1.82, 2.24) is 9.97 Å². The molecular weight excluding hydrogens is 631 g/mol. The SMILES string of the molecule is CC1(C)c2ccccc2N(c2ccc3c(c2)C(C)(C)c2cc(-c4cc(-c5ccccc5)nc(-c5ccccc5)n4)ccc2C3(C)C)c2ccccc21. The van der Waals surface area contributed by atoms with E-state index in [2.05, 4.69) is 174 Å². The van der Waals surface area contributed by atoms with Crippen LogP contribution in [0.15, 0.2) is 152 Å². The minimum atomic E-state index is -0.266. The molecule has 6 aromatic carbocycles. The summed E-state index contributed by atoms with van der Waals surface area (Å²) in [5.41, 5.74) is 16.3. The smallest absolute Gasteiger partial charge is 0.160 e. The van der Waals surface area contributed by atoms with Crippen LogP contribution in [-0.4, -0.2) is 9.97 Å². The van der Waals surface area contributed by atoms with Crippen LogP contribution < -0.4 is 4.90 Å². The van der Waals surface area contributed by atoms with E-state index in [1.54, 1.807) is 0 Å². The summed E-state index contributed by atoms with van der Waals surface area (Å²) >= 11 is 0. The van der Waals surface area contributed by atoms with Gasteiger partial charge in [0.25, 0.3) is 0 Å². The molecule has 1 aliphatic heterocycles. The molecule has 2 aliphatic rings. The van der Waals surface area contributed by atoms with Gasteiger partial charge in [-0.15, -0.1) is 0 Å². The van der Waals surface area contributed by atoms with Gasteiger partial charge in [0.2, 0.25) is 0 Å². The van der Waals surface area contributed by atoms with E-state index >= 15 is 0 Å². The average molecular weight is 674 g/mol. The highest BCUT2D eigenvalue weighted by atomic mass is 15.2. The summed E-state index contributed by atoms with van der Waals surface area (Å²) < 4.78 is 0. The van der Waals surface area contributed by atoms with E-state index in [-0.39, 0.29) is 16.2 Å². The molecule has 0 saturated heterocycles. The first kappa shape index (κ1) is 32.1. The zero-order chi connectivity index (χ0) is 35.8. The third kappa shape index (κ3) is 4.87. The standard InChI is InChI=1S/C49H43N3/c1-47(2)36-27-25-34(43-31-42(32-17-9-7-10-18-32)50-46(51-43)33-19-11-8-12-20-33)29-40(36)49(5,6)41-30-35(26-28-37(41)47)52-44-23-15-13-21-38(44)48(3,4)39-22-14-16-24-45(39)52/h7-31H,1-6H3. The van der Waals surface area contributed by atoms with Crippen LogP contribution in [0.25, 0.3) is 33.9 Å². The molecule has 52 heavy (non-hydrogen) atoms.